The molecule has 1 saturated carbocycles. The second kappa shape index (κ2) is 9.61. The quantitative estimate of drug-likeness (QED) is 0.345. The molecular formula is C25H25N7O4. The average Bonchev–Trinajstić information content (AvgIpc) is 3.59. The van der Waals surface area contributed by atoms with Crippen LogP contribution in [0.25, 0.3) is 11.0 Å². The van der Waals surface area contributed by atoms with E-state index in [9.17, 15) is 19.2 Å². The molecule has 11 nitrogen and oxygen atoms in total. The third-order valence-electron chi connectivity index (χ3n) is 6.05. The second-order valence-corrected chi connectivity index (χ2v) is 8.71. The van der Waals surface area contributed by atoms with Crippen LogP contribution in [0.2, 0.25) is 0 Å². The number of carbonyl (C=O) groups excluding carboxylic acids is 2. The van der Waals surface area contributed by atoms with Crippen molar-refractivity contribution in [1.82, 2.24) is 29.6 Å². The minimum Gasteiger partial charge on any atom is -0.348 e. The van der Waals surface area contributed by atoms with Crippen molar-refractivity contribution in [2.45, 2.75) is 45.3 Å². The lowest BCUT2D eigenvalue weighted by Gasteiger charge is -2.13. The SMILES string of the molecule is CCn1c(=O)[nH]c(=O)c2c(C(=O)NCc3cccc(NC(=O)Cn4cccn4)c3)cc(C3CC3)nc21. The van der Waals surface area contributed by atoms with Crippen molar-refractivity contribution in [1.29, 1.82) is 0 Å². The molecule has 2 amide bonds. The minimum atomic E-state index is -0.637. The second-order valence-electron chi connectivity index (χ2n) is 8.71. The van der Waals surface area contributed by atoms with E-state index in [1.807, 2.05) is 6.07 Å². The van der Waals surface area contributed by atoms with Gasteiger partial charge in [0.25, 0.3) is 11.5 Å². The first-order valence-electron chi connectivity index (χ1n) is 11.7. The van der Waals surface area contributed by atoms with Crippen LogP contribution < -0.4 is 21.9 Å². The van der Waals surface area contributed by atoms with Crippen LogP contribution in [0.5, 0.6) is 0 Å². The van der Waals surface area contributed by atoms with Gasteiger partial charge in [0, 0.05) is 42.8 Å². The lowest BCUT2D eigenvalue weighted by atomic mass is 10.1. The van der Waals surface area contributed by atoms with E-state index in [1.54, 1.807) is 49.6 Å². The number of benzene rings is 1. The highest BCUT2D eigenvalue weighted by molar-refractivity contribution is 6.05. The van der Waals surface area contributed by atoms with E-state index in [4.69, 9.17) is 0 Å². The summed E-state index contributed by atoms with van der Waals surface area (Å²) < 4.78 is 2.89. The summed E-state index contributed by atoms with van der Waals surface area (Å²) in [6, 6.07) is 10.5. The number of nitrogens with one attached hydrogen (secondary N) is 3. The number of nitrogens with zero attached hydrogens (tertiary/aromatic N) is 4. The Labute approximate surface area is 205 Å². The van der Waals surface area contributed by atoms with E-state index in [2.05, 4.69) is 25.7 Å². The number of fused-ring (bicyclic) bond motifs is 1. The summed E-state index contributed by atoms with van der Waals surface area (Å²) in [5, 5.41) is 9.79. The van der Waals surface area contributed by atoms with Crippen LogP contribution in [0, 0.1) is 0 Å². The molecule has 184 valence electrons. The van der Waals surface area contributed by atoms with Gasteiger partial charge >= 0.3 is 5.69 Å². The maximum Gasteiger partial charge on any atom is 0.329 e. The number of amides is 2. The van der Waals surface area contributed by atoms with Gasteiger partial charge in [0.15, 0.2) is 5.65 Å². The topological polar surface area (TPSA) is 144 Å². The zero-order valence-electron chi connectivity index (χ0n) is 19.7. The van der Waals surface area contributed by atoms with E-state index >= 15 is 0 Å². The van der Waals surface area contributed by atoms with Crippen LogP contribution >= 0.6 is 0 Å². The van der Waals surface area contributed by atoms with Crippen LogP contribution in [0.3, 0.4) is 0 Å². The Balaban J connectivity index is 1.37. The van der Waals surface area contributed by atoms with Gasteiger partial charge in [-0.15, -0.1) is 0 Å². The molecular weight excluding hydrogens is 462 g/mol. The fraction of sp³-hybridized carbons (Fsp3) is 0.280. The highest BCUT2D eigenvalue weighted by Crippen LogP contribution is 2.39. The van der Waals surface area contributed by atoms with Gasteiger partial charge in [-0.05, 0) is 49.6 Å². The average molecular weight is 488 g/mol. The number of carbonyl (C=O) groups is 2. The van der Waals surface area contributed by atoms with Crippen molar-refractivity contribution in [3.8, 4) is 0 Å². The van der Waals surface area contributed by atoms with Crippen LogP contribution in [-0.2, 0) is 24.4 Å². The summed E-state index contributed by atoms with van der Waals surface area (Å²) in [6.45, 7) is 2.36. The monoisotopic (exact) mass is 487 g/mol. The number of pyridine rings is 1. The Morgan fingerprint density at radius 2 is 2.00 bits per heavy atom. The summed E-state index contributed by atoms with van der Waals surface area (Å²) >= 11 is 0. The molecule has 1 aliphatic carbocycles. The number of H-pyrrole nitrogens is 1. The maximum absolute atomic E-state index is 13.2. The Hall–Kier alpha value is -4.54. The first-order chi connectivity index (χ1) is 17.4. The summed E-state index contributed by atoms with van der Waals surface area (Å²) in [5.41, 5.74) is 1.29. The molecule has 4 aromatic rings. The van der Waals surface area contributed by atoms with Crippen molar-refractivity contribution < 1.29 is 9.59 Å². The minimum absolute atomic E-state index is 0.0871. The molecule has 0 radical (unpaired) electrons. The van der Waals surface area contributed by atoms with Crippen LogP contribution in [0.1, 0.15) is 47.3 Å². The van der Waals surface area contributed by atoms with Gasteiger partial charge in [-0.2, -0.15) is 5.10 Å². The molecule has 3 N–H and O–H groups in total. The normalized spacial score (nSPS) is 13.0. The highest BCUT2D eigenvalue weighted by atomic mass is 16.2. The lowest BCUT2D eigenvalue weighted by molar-refractivity contribution is -0.116. The molecule has 1 fully saturated rings. The van der Waals surface area contributed by atoms with Gasteiger partial charge in [0.2, 0.25) is 5.91 Å². The molecule has 0 saturated heterocycles. The van der Waals surface area contributed by atoms with Gasteiger partial charge in [0.1, 0.15) is 6.54 Å². The van der Waals surface area contributed by atoms with Gasteiger partial charge in [-0.1, -0.05) is 12.1 Å². The third-order valence-corrected chi connectivity index (χ3v) is 6.05. The Kier molecular flexibility index (Phi) is 6.19. The fourth-order valence-corrected chi connectivity index (χ4v) is 4.13. The molecule has 3 heterocycles. The lowest BCUT2D eigenvalue weighted by Crippen LogP contribution is -2.33. The number of hydrogen-bond donors (Lipinski definition) is 3. The summed E-state index contributed by atoms with van der Waals surface area (Å²) in [5.74, 6) is -0.441. The molecule has 5 rings (SSSR count). The molecule has 0 bridgehead atoms. The number of anilines is 1. The van der Waals surface area contributed by atoms with Gasteiger partial charge < -0.3 is 10.6 Å². The predicted molar refractivity (Wildman–Crippen MR) is 133 cm³/mol. The number of aryl methyl sites for hydroxylation is 1. The molecule has 0 atom stereocenters. The smallest absolute Gasteiger partial charge is 0.329 e. The van der Waals surface area contributed by atoms with E-state index in [1.165, 1.54) is 9.25 Å². The molecule has 0 aliphatic heterocycles. The Morgan fingerprint density at radius 1 is 1.17 bits per heavy atom. The molecule has 1 aromatic carbocycles. The van der Waals surface area contributed by atoms with E-state index in [-0.39, 0.29) is 41.5 Å². The predicted octanol–water partition coefficient (Wildman–Crippen LogP) is 1.75. The van der Waals surface area contributed by atoms with Crippen LogP contribution in [0.4, 0.5) is 5.69 Å². The first-order valence-corrected chi connectivity index (χ1v) is 11.7. The van der Waals surface area contributed by atoms with Crippen molar-refractivity contribution in [2.24, 2.45) is 0 Å². The van der Waals surface area contributed by atoms with E-state index in [0.717, 1.165) is 18.4 Å². The van der Waals surface area contributed by atoms with Crippen molar-refractivity contribution in [3.05, 3.63) is 86.5 Å². The third kappa shape index (κ3) is 4.81. The van der Waals surface area contributed by atoms with Gasteiger partial charge in [-0.25, -0.2) is 9.78 Å². The van der Waals surface area contributed by atoms with Crippen LogP contribution in [-0.4, -0.2) is 36.1 Å². The zero-order valence-corrected chi connectivity index (χ0v) is 19.7. The number of hydrogen-bond acceptors (Lipinski definition) is 6. The number of aromatic nitrogens is 5. The van der Waals surface area contributed by atoms with E-state index < -0.39 is 17.2 Å². The van der Waals surface area contributed by atoms with Gasteiger partial charge in [-0.3, -0.25) is 28.6 Å². The number of aromatic amines is 1. The largest absolute Gasteiger partial charge is 0.348 e. The molecule has 36 heavy (non-hydrogen) atoms. The van der Waals surface area contributed by atoms with Crippen molar-refractivity contribution in [3.63, 3.8) is 0 Å². The van der Waals surface area contributed by atoms with Gasteiger partial charge in [0.05, 0.1) is 10.9 Å². The Bertz CT molecular complexity index is 1570. The van der Waals surface area contributed by atoms with Crippen molar-refractivity contribution >= 4 is 28.5 Å². The summed E-state index contributed by atoms with van der Waals surface area (Å²) in [4.78, 5) is 57.4. The standard InChI is InChI=1S/C25H25N7O4/c1-2-32-22-21(24(35)30-25(32)36)18(12-19(29-22)16-7-8-16)23(34)26-13-15-5-3-6-17(11-15)28-20(33)14-31-10-4-9-27-31/h3-6,9-12,16H,2,7-8,13-14H2,1H3,(H,26,34)(H,28,33)(H,30,35,36). The first kappa shape index (κ1) is 23.2. The molecule has 0 unspecified atom stereocenters. The van der Waals surface area contributed by atoms with E-state index in [0.29, 0.717) is 17.9 Å². The Morgan fingerprint density at radius 3 is 2.72 bits per heavy atom. The summed E-state index contributed by atoms with van der Waals surface area (Å²) in [7, 11) is 0. The van der Waals surface area contributed by atoms with Crippen molar-refractivity contribution in [2.75, 3.05) is 5.32 Å². The number of rotatable bonds is 8. The fourth-order valence-electron chi connectivity index (χ4n) is 4.13. The molecule has 1 aliphatic rings. The molecule has 3 aromatic heterocycles. The zero-order chi connectivity index (χ0) is 25.2. The molecule has 11 heteroatoms. The highest BCUT2D eigenvalue weighted by Gasteiger charge is 2.28. The molecule has 0 spiro atoms. The van der Waals surface area contributed by atoms with Crippen LogP contribution in [0.15, 0.2) is 58.4 Å². The maximum atomic E-state index is 13.2. The summed E-state index contributed by atoms with van der Waals surface area (Å²) in [6.07, 6.45) is 5.22.